The number of rotatable bonds is 2. The van der Waals surface area contributed by atoms with E-state index in [-0.39, 0.29) is 5.41 Å². The van der Waals surface area contributed by atoms with Gasteiger partial charge in [-0.3, -0.25) is 0 Å². The second kappa shape index (κ2) is 4.26. The summed E-state index contributed by atoms with van der Waals surface area (Å²) in [4.78, 5) is 0. The highest BCUT2D eigenvalue weighted by Gasteiger charge is 2.37. The predicted molar refractivity (Wildman–Crippen MR) is 79.9 cm³/mol. The van der Waals surface area contributed by atoms with E-state index in [2.05, 4.69) is 46.8 Å². The maximum atomic E-state index is 5.79. The van der Waals surface area contributed by atoms with E-state index in [1.54, 1.807) is 6.08 Å². The second-order valence-corrected chi connectivity index (χ2v) is 6.88. The van der Waals surface area contributed by atoms with E-state index in [0.717, 1.165) is 6.42 Å². The Morgan fingerprint density at radius 1 is 1.06 bits per heavy atom. The summed E-state index contributed by atoms with van der Waals surface area (Å²) >= 11 is 0. The van der Waals surface area contributed by atoms with Gasteiger partial charge < -0.3 is 0 Å². The van der Waals surface area contributed by atoms with Crippen molar-refractivity contribution in [1.29, 1.82) is 0 Å². The van der Waals surface area contributed by atoms with Gasteiger partial charge in [-0.2, -0.15) is 0 Å². The fraction of sp³-hybridized carbons (Fsp3) is 0.556. The Kier molecular flexibility index (Phi) is 3.17. The minimum absolute atomic E-state index is 0.273. The number of hydrogen-bond donors (Lipinski definition) is 0. The van der Waals surface area contributed by atoms with Crippen LogP contribution in [0.25, 0.3) is 6.08 Å². The molecule has 1 aliphatic rings. The van der Waals surface area contributed by atoms with Crippen LogP contribution in [0.4, 0.5) is 0 Å². The molecule has 0 heterocycles. The number of aryl methyl sites for hydroxylation is 1. The largest absolute Gasteiger partial charge is 0.0616 e. The molecular weight excluding hydrogens is 216 g/mol. The SMILES string of the molecule is [CH]=Cc1cc2c(cc1CC)C(C)(C)CCC2(C)C. The molecule has 2 rings (SSSR count). The Morgan fingerprint density at radius 3 is 2.00 bits per heavy atom. The molecule has 0 unspecified atom stereocenters. The maximum Gasteiger partial charge on any atom is -0.0100 e. The molecule has 0 spiro atoms. The highest BCUT2D eigenvalue weighted by Crippen LogP contribution is 2.46. The van der Waals surface area contributed by atoms with Gasteiger partial charge in [-0.1, -0.05) is 59.4 Å². The summed E-state index contributed by atoms with van der Waals surface area (Å²) in [6, 6.07) is 4.73. The summed E-state index contributed by atoms with van der Waals surface area (Å²) in [5.41, 5.74) is 6.18. The lowest BCUT2D eigenvalue weighted by molar-refractivity contribution is 0.331. The van der Waals surface area contributed by atoms with Gasteiger partial charge >= 0.3 is 0 Å². The van der Waals surface area contributed by atoms with E-state index in [1.165, 1.54) is 35.1 Å². The van der Waals surface area contributed by atoms with Gasteiger partial charge in [-0.05, 0) is 52.3 Å². The molecule has 0 atom stereocenters. The molecule has 0 heteroatoms. The molecule has 1 aliphatic carbocycles. The lowest BCUT2D eigenvalue weighted by Gasteiger charge is -2.42. The molecule has 0 amide bonds. The van der Waals surface area contributed by atoms with E-state index in [1.807, 2.05) is 0 Å². The van der Waals surface area contributed by atoms with Crippen LogP contribution in [0.15, 0.2) is 12.1 Å². The minimum Gasteiger partial charge on any atom is -0.0616 e. The van der Waals surface area contributed by atoms with Crippen molar-refractivity contribution in [3.8, 4) is 0 Å². The molecule has 0 N–H and O–H groups in total. The van der Waals surface area contributed by atoms with Gasteiger partial charge in [0, 0.05) is 0 Å². The van der Waals surface area contributed by atoms with Crippen LogP contribution in [0, 0.1) is 6.58 Å². The Balaban J connectivity index is 2.72. The van der Waals surface area contributed by atoms with Crippen LogP contribution in [0.3, 0.4) is 0 Å². The third-order valence-corrected chi connectivity index (χ3v) is 4.67. The number of hydrogen-bond acceptors (Lipinski definition) is 0. The molecule has 0 aromatic heterocycles. The van der Waals surface area contributed by atoms with Gasteiger partial charge in [0.2, 0.25) is 0 Å². The molecule has 0 fully saturated rings. The van der Waals surface area contributed by atoms with Crippen LogP contribution >= 0.6 is 0 Å². The molecule has 0 saturated heterocycles. The van der Waals surface area contributed by atoms with Crippen LogP contribution in [0.5, 0.6) is 0 Å². The molecule has 1 aromatic rings. The Bertz CT molecular complexity index is 475. The smallest absolute Gasteiger partial charge is 0.0100 e. The van der Waals surface area contributed by atoms with Crippen molar-refractivity contribution in [2.24, 2.45) is 0 Å². The third-order valence-electron chi connectivity index (χ3n) is 4.67. The van der Waals surface area contributed by atoms with E-state index < -0.39 is 0 Å². The van der Waals surface area contributed by atoms with E-state index in [4.69, 9.17) is 6.58 Å². The van der Waals surface area contributed by atoms with Gasteiger partial charge in [-0.25, -0.2) is 0 Å². The first-order chi connectivity index (χ1) is 8.31. The molecule has 97 valence electrons. The first-order valence-electron chi connectivity index (χ1n) is 7.04. The second-order valence-electron chi connectivity index (χ2n) is 6.88. The van der Waals surface area contributed by atoms with Gasteiger partial charge in [0.05, 0.1) is 0 Å². The summed E-state index contributed by atoms with van der Waals surface area (Å²) in [7, 11) is 0. The zero-order valence-corrected chi connectivity index (χ0v) is 12.4. The van der Waals surface area contributed by atoms with Crippen molar-refractivity contribution in [3.63, 3.8) is 0 Å². The van der Waals surface area contributed by atoms with Crippen molar-refractivity contribution in [2.75, 3.05) is 0 Å². The summed E-state index contributed by atoms with van der Waals surface area (Å²) in [5.74, 6) is 0. The van der Waals surface area contributed by atoms with Gasteiger partial charge in [-0.15, -0.1) is 0 Å². The molecular formula is C18H25. The molecule has 1 aromatic carbocycles. The van der Waals surface area contributed by atoms with Crippen LogP contribution in [0.1, 0.15) is 69.7 Å². The highest BCUT2D eigenvalue weighted by atomic mass is 14.4. The number of benzene rings is 1. The van der Waals surface area contributed by atoms with E-state index in [9.17, 15) is 0 Å². The monoisotopic (exact) mass is 241 g/mol. The van der Waals surface area contributed by atoms with E-state index in [0.29, 0.717) is 5.41 Å². The lowest BCUT2D eigenvalue weighted by atomic mass is 9.62. The standard InChI is InChI=1S/C18H25/c1-7-13-11-15-16(12-14(13)8-2)18(5,6)10-9-17(15,3)4/h1,7,11-12H,8-10H2,2-6H3. The highest BCUT2D eigenvalue weighted by molar-refractivity contribution is 5.57. The molecule has 0 saturated carbocycles. The topological polar surface area (TPSA) is 0 Å². The summed E-state index contributed by atoms with van der Waals surface area (Å²) < 4.78 is 0. The quantitative estimate of drug-likeness (QED) is 0.680. The molecule has 1 radical (unpaired) electrons. The summed E-state index contributed by atoms with van der Waals surface area (Å²) in [5, 5.41) is 0. The van der Waals surface area contributed by atoms with Crippen LogP contribution in [-0.2, 0) is 17.3 Å². The molecule has 0 aliphatic heterocycles. The normalized spacial score (nSPS) is 20.3. The van der Waals surface area contributed by atoms with Crippen molar-refractivity contribution in [3.05, 3.63) is 41.0 Å². The average molecular weight is 241 g/mol. The van der Waals surface area contributed by atoms with Gasteiger partial charge in [0.25, 0.3) is 0 Å². The predicted octanol–water partition coefficient (Wildman–Crippen LogP) is 5.04. The van der Waals surface area contributed by atoms with Gasteiger partial charge in [0.15, 0.2) is 0 Å². The Morgan fingerprint density at radius 2 is 1.56 bits per heavy atom. The first-order valence-corrected chi connectivity index (χ1v) is 7.04. The van der Waals surface area contributed by atoms with Gasteiger partial charge in [0.1, 0.15) is 0 Å². The van der Waals surface area contributed by atoms with Crippen molar-refractivity contribution in [2.45, 2.75) is 64.7 Å². The Hall–Kier alpha value is -1.04. The third kappa shape index (κ3) is 2.02. The van der Waals surface area contributed by atoms with Crippen LogP contribution < -0.4 is 0 Å². The van der Waals surface area contributed by atoms with E-state index >= 15 is 0 Å². The van der Waals surface area contributed by atoms with Crippen molar-refractivity contribution < 1.29 is 0 Å². The lowest BCUT2D eigenvalue weighted by Crippen LogP contribution is -2.34. The first kappa shape index (κ1) is 13.4. The summed E-state index contributed by atoms with van der Waals surface area (Å²) in [6.07, 6.45) is 5.33. The average Bonchev–Trinajstić information content (AvgIpc) is 2.33. The minimum atomic E-state index is 0.273. The maximum absolute atomic E-state index is 5.79. The van der Waals surface area contributed by atoms with Crippen molar-refractivity contribution >= 4 is 6.08 Å². The molecule has 0 nitrogen and oxygen atoms in total. The molecule has 18 heavy (non-hydrogen) atoms. The fourth-order valence-corrected chi connectivity index (χ4v) is 3.14. The summed E-state index contributed by atoms with van der Waals surface area (Å²) in [6.45, 7) is 17.4. The Labute approximate surface area is 112 Å². The zero-order chi connectivity index (χ0) is 13.6. The number of fused-ring (bicyclic) bond motifs is 1. The van der Waals surface area contributed by atoms with Crippen LogP contribution in [0.2, 0.25) is 0 Å². The molecule has 0 bridgehead atoms. The van der Waals surface area contributed by atoms with Crippen molar-refractivity contribution in [1.82, 2.24) is 0 Å². The zero-order valence-electron chi connectivity index (χ0n) is 12.4. The van der Waals surface area contributed by atoms with Crippen LogP contribution in [-0.4, -0.2) is 0 Å². The fourth-order valence-electron chi connectivity index (χ4n) is 3.14.